The molecule has 0 atom stereocenters. The van der Waals surface area contributed by atoms with E-state index in [1.807, 2.05) is 48.5 Å². The average molecular weight is 370 g/mol. The highest BCUT2D eigenvalue weighted by atomic mass is 16.3. The van der Waals surface area contributed by atoms with Crippen LogP contribution in [-0.4, -0.2) is 9.97 Å². The van der Waals surface area contributed by atoms with Crippen LogP contribution in [0.3, 0.4) is 0 Å². The first-order chi connectivity index (χ1) is 13.8. The second-order valence-corrected chi connectivity index (χ2v) is 6.60. The zero-order valence-corrected chi connectivity index (χ0v) is 15.7. The number of furan rings is 1. The van der Waals surface area contributed by atoms with E-state index in [1.165, 1.54) is 11.1 Å². The molecule has 2 aromatic heterocycles. The quantitative estimate of drug-likeness (QED) is 0.464. The Balaban J connectivity index is 1.57. The normalized spacial score (nSPS) is 10.6. The van der Waals surface area contributed by atoms with Crippen LogP contribution >= 0.6 is 0 Å². The smallest absolute Gasteiger partial charge is 0.163 e. The number of rotatable bonds is 7. The molecule has 5 heteroatoms. The molecule has 0 unspecified atom stereocenters. The molecule has 2 aromatic carbocycles. The molecule has 4 aromatic rings. The number of anilines is 2. The van der Waals surface area contributed by atoms with Crippen LogP contribution in [0.4, 0.5) is 11.6 Å². The summed E-state index contributed by atoms with van der Waals surface area (Å²) in [7, 11) is 0. The van der Waals surface area contributed by atoms with Crippen molar-refractivity contribution < 1.29 is 4.42 Å². The summed E-state index contributed by atoms with van der Waals surface area (Å²) in [5.74, 6) is 3.06. The zero-order valence-electron chi connectivity index (χ0n) is 15.7. The summed E-state index contributed by atoms with van der Waals surface area (Å²) in [5, 5.41) is 6.74. The van der Waals surface area contributed by atoms with Crippen molar-refractivity contribution in [2.75, 3.05) is 10.6 Å². The van der Waals surface area contributed by atoms with Crippen LogP contribution in [0.5, 0.6) is 0 Å². The number of nitrogens with zero attached hydrogens (tertiary/aromatic N) is 2. The van der Waals surface area contributed by atoms with Crippen molar-refractivity contribution in [3.8, 4) is 11.4 Å². The van der Waals surface area contributed by atoms with Crippen LogP contribution < -0.4 is 10.6 Å². The maximum atomic E-state index is 5.40. The summed E-state index contributed by atoms with van der Waals surface area (Å²) in [6, 6.07) is 24.2. The third-order valence-electron chi connectivity index (χ3n) is 4.34. The lowest BCUT2D eigenvalue weighted by molar-refractivity contribution is 0.518. The number of hydrogen-bond acceptors (Lipinski definition) is 5. The Morgan fingerprint density at radius 3 is 2.29 bits per heavy atom. The molecule has 0 saturated carbocycles. The van der Waals surface area contributed by atoms with Gasteiger partial charge in [0.1, 0.15) is 17.4 Å². The van der Waals surface area contributed by atoms with E-state index in [0.717, 1.165) is 23.0 Å². The Hall–Kier alpha value is -3.60. The van der Waals surface area contributed by atoms with Gasteiger partial charge in [0, 0.05) is 18.2 Å². The summed E-state index contributed by atoms with van der Waals surface area (Å²) < 4.78 is 5.40. The first-order valence-corrected chi connectivity index (χ1v) is 9.26. The Kier molecular flexibility index (Phi) is 5.33. The molecule has 140 valence electrons. The maximum absolute atomic E-state index is 5.40. The molecule has 0 aliphatic rings. The first-order valence-electron chi connectivity index (χ1n) is 9.26. The Labute approximate surface area is 164 Å². The van der Waals surface area contributed by atoms with Crippen molar-refractivity contribution in [3.05, 3.63) is 95.9 Å². The van der Waals surface area contributed by atoms with Crippen LogP contribution in [0.2, 0.25) is 0 Å². The van der Waals surface area contributed by atoms with Gasteiger partial charge in [-0.25, -0.2) is 9.97 Å². The van der Waals surface area contributed by atoms with Crippen LogP contribution in [0, 0.1) is 6.92 Å². The minimum absolute atomic E-state index is 0.565. The van der Waals surface area contributed by atoms with E-state index in [0.29, 0.717) is 18.9 Å². The van der Waals surface area contributed by atoms with E-state index in [1.54, 1.807) is 6.26 Å². The molecule has 0 spiro atoms. The van der Waals surface area contributed by atoms with Gasteiger partial charge in [-0.3, -0.25) is 0 Å². The molecule has 2 N–H and O–H groups in total. The Morgan fingerprint density at radius 2 is 1.57 bits per heavy atom. The van der Waals surface area contributed by atoms with Gasteiger partial charge in [-0.15, -0.1) is 0 Å². The molecule has 0 fully saturated rings. The number of hydrogen-bond donors (Lipinski definition) is 2. The third kappa shape index (κ3) is 4.57. The van der Waals surface area contributed by atoms with Crippen LogP contribution in [-0.2, 0) is 13.1 Å². The predicted octanol–water partition coefficient (Wildman–Crippen LogP) is 5.27. The van der Waals surface area contributed by atoms with Gasteiger partial charge >= 0.3 is 0 Å². The number of aryl methyl sites for hydroxylation is 1. The number of nitrogens with one attached hydrogen (secondary N) is 2. The van der Waals surface area contributed by atoms with Gasteiger partial charge in [0.2, 0.25) is 0 Å². The van der Waals surface area contributed by atoms with Gasteiger partial charge < -0.3 is 15.1 Å². The summed E-state index contributed by atoms with van der Waals surface area (Å²) in [6.07, 6.45) is 1.67. The van der Waals surface area contributed by atoms with Crippen molar-refractivity contribution in [2.24, 2.45) is 0 Å². The molecule has 0 aliphatic heterocycles. The molecule has 2 heterocycles. The SMILES string of the molecule is Cc1cccc(CNc2cc(NCc3ccco3)nc(-c3ccccc3)n2)c1. The molecule has 0 bridgehead atoms. The number of aromatic nitrogens is 2. The monoisotopic (exact) mass is 370 g/mol. The standard InChI is InChI=1S/C23H22N4O/c1-17-7-5-8-18(13-17)15-24-21-14-22(25-16-20-11-6-12-28-20)27-23(26-21)19-9-3-2-4-10-19/h2-14H,15-16H2,1H3,(H2,24,25,26,27). The highest BCUT2D eigenvalue weighted by Gasteiger charge is 2.08. The Morgan fingerprint density at radius 1 is 0.786 bits per heavy atom. The number of benzene rings is 2. The lowest BCUT2D eigenvalue weighted by Crippen LogP contribution is -2.07. The largest absolute Gasteiger partial charge is 0.467 e. The van der Waals surface area contributed by atoms with Gasteiger partial charge in [0.05, 0.1) is 12.8 Å². The molecule has 0 amide bonds. The summed E-state index contributed by atoms with van der Waals surface area (Å²) in [4.78, 5) is 9.37. The van der Waals surface area contributed by atoms with Crippen molar-refractivity contribution in [1.29, 1.82) is 0 Å². The van der Waals surface area contributed by atoms with Gasteiger partial charge in [0.25, 0.3) is 0 Å². The molecular formula is C23H22N4O. The molecular weight excluding hydrogens is 348 g/mol. The van der Waals surface area contributed by atoms with Crippen molar-refractivity contribution in [3.63, 3.8) is 0 Å². The minimum Gasteiger partial charge on any atom is -0.467 e. The fourth-order valence-electron chi connectivity index (χ4n) is 2.95. The molecule has 5 nitrogen and oxygen atoms in total. The lowest BCUT2D eigenvalue weighted by atomic mass is 10.1. The van der Waals surface area contributed by atoms with Crippen molar-refractivity contribution >= 4 is 11.6 Å². The van der Waals surface area contributed by atoms with Gasteiger partial charge in [0.15, 0.2) is 5.82 Å². The highest BCUT2D eigenvalue weighted by Crippen LogP contribution is 2.21. The molecule has 0 radical (unpaired) electrons. The van der Waals surface area contributed by atoms with Crippen LogP contribution in [0.1, 0.15) is 16.9 Å². The summed E-state index contributed by atoms with van der Waals surface area (Å²) in [5.41, 5.74) is 3.43. The van der Waals surface area contributed by atoms with E-state index in [9.17, 15) is 0 Å². The maximum Gasteiger partial charge on any atom is 0.163 e. The second kappa shape index (κ2) is 8.39. The third-order valence-corrected chi connectivity index (χ3v) is 4.34. The average Bonchev–Trinajstić information content (AvgIpc) is 3.25. The van der Waals surface area contributed by atoms with Gasteiger partial charge in [-0.05, 0) is 24.6 Å². The van der Waals surface area contributed by atoms with Crippen molar-refractivity contribution in [1.82, 2.24) is 9.97 Å². The van der Waals surface area contributed by atoms with E-state index in [4.69, 9.17) is 9.40 Å². The minimum atomic E-state index is 0.565. The topological polar surface area (TPSA) is 63.0 Å². The molecule has 28 heavy (non-hydrogen) atoms. The molecule has 4 rings (SSSR count). The van der Waals surface area contributed by atoms with Crippen LogP contribution in [0.25, 0.3) is 11.4 Å². The second-order valence-electron chi connectivity index (χ2n) is 6.60. The van der Waals surface area contributed by atoms with Gasteiger partial charge in [-0.1, -0.05) is 60.2 Å². The molecule has 0 aliphatic carbocycles. The predicted molar refractivity (Wildman–Crippen MR) is 112 cm³/mol. The summed E-state index contributed by atoms with van der Waals surface area (Å²) in [6.45, 7) is 3.36. The van der Waals surface area contributed by atoms with Crippen molar-refractivity contribution in [2.45, 2.75) is 20.0 Å². The zero-order chi connectivity index (χ0) is 19.2. The lowest BCUT2D eigenvalue weighted by Gasteiger charge is -2.11. The van der Waals surface area contributed by atoms with E-state index in [-0.39, 0.29) is 0 Å². The van der Waals surface area contributed by atoms with E-state index in [2.05, 4.69) is 46.8 Å². The fourth-order valence-corrected chi connectivity index (χ4v) is 2.95. The Bertz CT molecular complexity index is 1030. The van der Waals surface area contributed by atoms with Gasteiger partial charge in [-0.2, -0.15) is 0 Å². The van der Waals surface area contributed by atoms with Crippen LogP contribution in [0.15, 0.2) is 83.5 Å². The summed E-state index contributed by atoms with van der Waals surface area (Å²) >= 11 is 0. The molecule has 0 saturated heterocycles. The fraction of sp³-hybridized carbons (Fsp3) is 0.130. The van der Waals surface area contributed by atoms with E-state index < -0.39 is 0 Å². The van der Waals surface area contributed by atoms with E-state index >= 15 is 0 Å². The first kappa shape index (κ1) is 17.8. The highest BCUT2D eigenvalue weighted by molar-refractivity contribution is 5.61.